The number of H-pyrrole nitrogens is 2. The lowest BCUT2D eigenvalue weighted by Crippen LogP contribution is -2.28. The van der Waals surface area contributed by atoms with Crippen molar-refractivity contribution in [2.24, 2.45) is 0 Å². The Hall–Kier alpha value is -4.16. The van der Waals surface area contributed by atoms with E-state index in [0.717, 1.165) is 33.3 Å². The number of fused-ring (bicyclic) bond motifs is 1. The molecule has 0 radical (unpaired) electrons. The zero-order valence-corrected chi connectivity index (χ0v) is 19.8. The van der Waals surface area contributed by atoms with Crippen LogP contribution in [0.15, 0.2) is 83.8 Å². The molecule has 0 amide bonds. The summed E-state index contributed by atoms with van der Waals surface area (Å²) in [5.41, 5.74) is 8.06. The molecule has 0 saturated heterocycles. The standard InChI is InChI=1S/C29H28N4O2/c1-18-8-10-21(11-9-18)22-14-19(2)27-25(16-22)32-28(33-27)26-24(12-13-30-29(26)35)31-23(17-34)15-20-6-4-3-5-7-20/h3-14,16,23,34H,15,17H2,1-2H3,(H,32,33)(H2,30,31,35)/t23-/m0/s1. The van der Waals surface area contributed by atoms with Gasteiger partial charge in [0.05, 0.1) is 29.4 Å². The van der Waals surface area contributed by atoms with E-state index >= 15 is 0 Å². The first-order valence-corrected chi connectivity index (χ1v) is 11.7. The minimum absolute atomic E-state index is 0.0692. The highest BCUT2D eigenvalue weighted by molar-refractivity contribution is 5.88. The van der Waals surface area contributed by atoms with Gasteiger partial charge in [-0.25, -0.2) is 4.98 Å². The summed E-state index contributed by atoms with van der Waals surface area (Å²) < 4.78 is 0. The topological polar surface area (TPSA) is 93.8 Å². The Kier molecular flexibility index (Phi) is 6.21. The fraction of sp³-hybridized carbons (Fsp3) is 0.172. The zero-order valence-electron chi connectivity index (χ0n) is 19.8. The number of rotatable bonds is 7. The second-order valence-corrected chi connectivity index (χ2v) is 8.95. The third-order valence-corrected chi connectivity index (χ3v) is 6.26. The third-order valence-electron chi connectivity index (χ3n) is 6.26. The number of hydrogen-bond acceptors (Lipinski definition) is 4. The van der Waals surface area contributed by atoms with Crippen LogP contribution >= 0.6 is 0 Å². The van der Waals surface area contributed by atoms with Crippen LogP contribution in [0.5, 0.6) is 0 Å². The van der Waals surface area contributed by atoms with E-state index in [9.17, 15) is 9.90 Å². The lowest BCUT2D eigenvalue weighted by atomic mass is 10.0. The minimum Gasteiger partial charge on any atom is -0.394 e. The van der Waals surface area contributed by atoms with Crippen LogP contribution in [0.1, 0.15) is 16.7 Å². The van der Waals surface area contributed by atoms with Crippen molar-refractivity contribution in [1.29, 1.82) is 0 Å². The Balaban J connectivity index is 1.52. The monoisotopic (exact) mass is 464 g/mol. The molecule has 0 aliphatic carbocycles. The smallest absolute Gasteiger partial charge is 0.261 e. The number of aliphatic hydroxyl groups excluding tert-OH is 1. The van der Waals surface area contributed by atoms with Gasteiger partial charge >= 0.3 is 0 Å². The quantitative estimate of drug-likeness (QED) is 0.266. The lowest BCUT2D eigenvalue weighted by Gasteiger charge is -2.19. The van der Waals surface area contributed by atoms with Crippen LogP contribution < -0.4 is 10.9 Å². The maximum Gasteiger partial charge on any atom is 0.261 e. The van der Waals surface area contributed by atoms with Gasteiger partial charge in [-0.2, -0.15) is 0 Å². The van der Waals surface area contributed by atoms with Gasteiger partial charge in [-0.15, -0.1) is 0 Å². The Morgan fingerprint density at radius 1 is 0.971 bits per heavy atom. The van der Waals surface area contributed by atoms with Gasteiger partial charge in [0.25, 0.3) is 5.56 Å². The molecule has 2 aromatic heterocycles. The molecule has 0 unspecified atom stereocenters. The second-order valence-electron chi connectivity index (χ2n) is 8.95. The van der Waals surface area contributed by atoms with E-state index in [2.05, 4.69) is 58.6 Å². The van der Waals surface area contributed by atoms with Crippen molar-refractivity contribution >= 4 is 16.7 Å². The van der Waals surface area contributed by atoms with Crippen LogP contribution in [0.3, 0.4) is 0 Å². The fourth-order valence-electron chi connectivity index (χ4n) is 4.44. The molecule has 5 rings (SSSR count). The largest absolute Gasteiger partial charge is 0.394 e. The Labute approximate surface area is 203 Å². The van der Waals surface area contributed by atoms with Crippen LogP contribution in [-0.4, -0.2) is 32.7 Å². The summed E-state index contributed by atoms with van der Waals surface area (Å²) in [4.78, 5) is 23.9. The molecular weight excluding hydrogens is 436 g/mol. The van der Waals surface area contributed by atoms with Gasteiger partial charge in [0.1, 0.15) is 11.4 Å². The van der Waals surface area contributed by atoms with E-state index in [0.29, 0.717) is 23.5 Å². The van der Waals surface area contributed by atoms with Crippen molar-refractivity contribution in [3.63, 3.8) is 0 Å². The summed E-state index contributed by atoms with van der Waals surface area (Å²) in [6, 6.07) is 24.1. The van der Waals surface area contributed by atoms with Gasteiger partial charge in [-0.1, -0.05) is 60.2 Å². The summed E-state index contributed by atoms with van der Waals surface area (Å²) in [6.07, 6.45) is 2.23. The van der Waals surface area contributed by atoms with Crippen LogP contribution in [0.25, 0.3) is 33.5 Å². The number of nitrogens with one attached hydrogen (secondary N) is 3. The van der Waals surface area contributed by atoms with E-state index in [1.54, 1.807) is 6.20 Å². The highest BCUT2D eigenvalue weighted by Crippen LogP contribution is 2.30. The van der Waals surface area contributed by atoms with Gasteiger partial charge in [-0.3, -0.25) is 4.79 Å². The molecule has 35 heavy (non-hydrogen) atoms. The highest BCUT2D eigenvalue weighted by Gasteiger charge is 2.18. The summed E-state index contributed by atoms with van der Waals surface area (Å²) in [5, 5.41) is 13.4. The number of aromatic nitrogens is 3. The molecule has 0 aliphatic heterocycles. The van der Waals surface area contributed by atoms with Gasteiger partial charge in [0.15, 0.2) is 0 Å². The van der Waals surface area contributed by atoms with Crippen molar-refractivity contribution in [3.05, 3.63) is 106 Å². The first kappa shape index (κ1) is 22.6. The molecular formula is C29H28N4O2. The Bertz CT molecular complexity index is 1520. The molecule has 5 aromatic rings. The number of aromatic amines is 2. The van der Waals surface area contributed by atoms with Crippen molar-refractivity contribution in [2.75, 3.05) is 11.9 Å². The summed E-state index contributed by atoms with van der Waals surface area (Å²) >= 11 is 0. The van der Waals surface area contributed by atoms with E-state index in [4.69, 9.17) is 4.98 Å². The van der Waals surface area contributed by atoms with E-state index in [1.807, 2.05) is 43.3 Å². The predicted octanol–water partition coefficient (Wildman–Crippen LogP) is 5.22. The minimum atomic E-state index is -0.253. The molecule has 6 nitrogen and oxygen atoms in total. The number of aliphatic hydroxyl groups is 1. The Morgan fingerprint density at radius 3 is 2.49 bits per heavy atom. The predicted molar refractivity (Wildman–Crippen MR) is 142 cm³/mol. The number of pyridine rings is 1. The van der Waals surface area contributed by atoms with Crippen LogP contribution in [0.2, 0.25) is 0 Å². The van der Waals surface area contributed by atoms with Crippen LogP contribution in [0, 0.1) is 13.8 Å². The first-order valence-electron chi connectivity index (χ1n) is 11.7. The average molecular weight is 465 g/mol. The number of anilines is 1. The molecule has 0 bridgehead atoms. The normalized spacial score (nSPS) is 12.1. The summed E-state index contributed by atoms with van der Waals surface area (Å²) in [5.74, 6) is 0.491. The van der Waals surface area contributed by atoms with Crippen molar-refractivity contribution in [3.8, 4) is 22.5 Å². The molecule has 0 aliphatic rings. The van der Waals surface area contributed by atoms with Crippen molar-refractivity contribution in [1.82, 2.24) is 15.0 Å². The Morgan fingerprint density at radius 2 is 1.74 bits per heavy atom. The molecule has 176 valence electrons. The summed E-state index contributed by atoms with van der Waals surface area (Å²) in [6.45, 7) is 4.03. The molecule has 0 spiro atoms. The number of hydrogen-bond donors (Lipinski definition) is 4. The summed E-state index contributed by atoms with van der Waals surface area (Å²) in [7, 11) is 0. The van der Waals surface area contributed by atoms with E-state index in [1.165, 1.54) is 5.56 Å². The fourth-order valence-corrected chi connectivity index (χ4v) is 4.44. The molecule has 1 atom stereocenters. The van der Waals surface area contributed by atoms with Gasteiger partial charge < -0.3 is 20.4 Å². The SMILES string of the molecule is Cc1ccc(-c2cc(C)c3nc(-c4c(N[C@H](CO)Cc5ccccc5)cc[nH]c4=O)[nH]c3c2)cc1. The molecule has 0 fully saturated rings. The number of aryl methyl sites for hydroxylation is 2. The third kappa shape index (κ3) is 4.74. The first-order chi connectivity index (χ1) is 17.0. The van der Waals surface area contributed by atoms with Crippen molar-refractivity contribution < 1.29 is 5.11 Å². The van der Waals surface area contributed by atoms with Gasteiger partial charge in [-0.05, 0) is 60.7 Å². The second kappa shape index (κ2) is 9.60. The maximum atomic E-state index is 12.9. The molecule has 4 N–H and O–H groups in total. The number of nitrogens with zero attached hydrogens (tertiary/aromatic N) is 1. The highest BCUT2D eigenvalue weighted by atomic mass is 16.3. The number of imidazole rings is 1. The average Bonchev–Trinajstić information content (AvgIpc) is 3.29. The number of benzene rings is 3. The van der Waals surface area contributed by atoms with E-state index < -0.39 is 0 Å². The van der Waals surface area contributed by atoms with Crippen molar-refractivity contribution in [2.45, 2.75) is 26.3 Å². The maximum absolute atomic E-state index is 12.9. The molecule has 0 saturated carbocycles. The van der Waals surface area contributed by atoms with E-state index in [-0.39, 0.29) is 18.2 Å². The molecule has 2 heterocycles. The van der Waals surface area contributed by atoms with Crippen LogP contribution in [0.4, 0.5) is 5.69 Å². The van der Waals surface area contributed by atoms with Gasteiger partial charge in [0.2, 0.25) is 0 Å². The van der Waals surface area contributed by atoms with Crippen LogP contribution in [-0.2, 0) is 6.42 Å². The van der Waals surface area contributed by atoms with Gasteiger partial charge in [0, 0.05) is 6.20 Å². The molecule has 6 heteroatoms. The lowest BCUT2D eigenvalue weighted by molar-refractivity contribution is 0.274. The molecule has 3 aromatic carbocycles. The zero-order chi connectivity index (χ0) is 24.4.